The number of hydrogen-bond acceptors (Lipinski definition) is 4. The molecule has 0 amide bonds. The first-order chi connectivity index (χ1) is 8.31. The van der Waals surface area contributed by atoms with Gasteiger partial charge in [0.1, 0.15) is 5.82 Å². The Morgan fingerprint density at radius 2 is 2.35 bits per heavy atom. The zero-order valence-corrected chi connectivity index (χ0v) is 10.1. The van der Waals surface area contributed by atoms with Crippen LogP contribution in [0.25, 0.3) is 0 Å². The predicted molar refractivity (Wildman–Crippen MR) is 68.5 cm³/mol. The summed E-state index contributed by atoms with van der Waals surface area (Å²) in [5.74, 6) is 0.887. The zero-order chi connectivity index (χ0) is 11.7. The number of H-pyrrole nitrogens is 1. The second kappa shape index (κ2) is 4.33. The highest BCUT2D eigenvalue weighted by molar-refractivity contribution is 7.07. The lowest BCUT2D eigenvalue weighted by molar-refractivity contribution is 0.898. The molecule has 0 atom stereocenters. The summed E-state index contributed by atoms with van der Waals surface area (Å²) in [6.07, 6.45) is 3.45. The normalized spacial score (nSPS) is 13.6. The maximum Gasteiger partial charge on any atom is 0.304 e. The van der Waals surface area contributed by atoms with E-state index in [9.17, 15) is 4.79 Å². The molecule has 17 heavy (non-hydrogen) atoms. The SMILES string of the molecule is O=c1[nH]c(CNc2ccc3c(n2)CCC3)cs1. The molecule has 0 aromatic carbocycles. The number of pyridine rings is 1. The molecule has 0 aliphatic heterocycles. The van der Waals surface area contributed by atoms with E-state index >= 15 is 0 Å². The molecule has 1 aliphatic carbocycles. The van der Waals surface area contributed by atoms with E-state index in [1.54, 1.807) is 0 Å². The molecular formula is C12H13N3OS. The molecule has 1 aliphatic rings. The number of nitrogens with zero attached hydrogens (tertiary/aromatic N) is 1. The third-order valence-electron chi connectivity index (χ3n) is 2.96. The first kappa shape index (κ1) is 10.5. The summed E-state index contributed by atoms with van der Waals surface area (Å²) < 4.78 is 0. The van der Waals surface area contributed by atoms with Crippen LogP contribution in [0.4, 0.5) is 5.82 Å². The van der Waals surface area contributed by atoms with Crippen molar-refractivity contribution < 1.29 is 0 Å². The van der Waals surface area contributed by atoms with Crippen molar-refractivity contribution in [3.8, 4) is 0 Å². The van der Waals surface area contributed by atoms with E-state index in [2.05, 4.69) is 21.4 Å². The third kappa shape index (κ3) is 2.24. The van der Waals surface area contributed by atoms with Gasteiger partial charge in [-0.25, -0.2) is 4.98 Å². The number of aryl methyl sites for hydroxylation is 2. The van der Waals surface area contributed by atoms with Crippen molar-refractivity contribution in [2.24, 2.45) is 0 Å². The highest BCUT2D eigenvalue weighted by Crippen LogP contribution is 2.21. The molecule has 2 aromatic rings. The van der Waals surface area contributed by atoms with Crippen molar-refractivity contribution in [1.29, 1.82) is 0 Å². The van der Waals surface area contributed by atoms with Gasteiger partial charge in [0.25, 0.3) is 0 Å². The molecular weight excluding hydrogens is 234 g/mol. The van der Waals surface area contributed by atoms with Gasteiger partial charge >= 0.3 is 4.87 Å². The Morgan fingerprint density at radius 1 is 1.41 bits per heavy atom. The molecule has 2 aromatic heterocycles. The van der Waals surface area contributed by atoms with E-state index in [4.69, 9.17) is 0 Å². The average molecular weight is 247 g/mol. The Bertz CT molecular complexity index is 587. The highest BCUT2D eigenvalue weighted by Gasteiger charge is 2.12. The van der Waals surface area contributed by atoms with Crippen molar-refractivity contribution in [2.45, 2.75) is 25.8 Å². The molecule has 0 saturated carbocycles. The van der Waals surface area contributed by atoms with Crippen molar-refractivity contribution >= 4 is 17.2 Å². The second-order valence-corrected chi connectivity index (χ2v) is 5.03. The summed E-state index contributed by atoms with van der Waals surface area (Å²) in [4.78, 5) is 18.3. The van der Waals surface area contributed by atoms with Gasteiger partial charge in [0, 0.05) is 16.8 Å². The van der Waals surface area contributed by atoms with Crippen LogP contribution in [0, 0.1) is 0 Å². The average Bonchev–Trinajstić information content (AvgIpc) is 2.94. The summed E-state index contributed by atoms with van der Waals surface area (Å²) in [7, 11) is 0. The maximum atomic E-state index is 11.0. The molecule has 2 N–H and O–H groups in total. The van der Waals surface area contributed by atoms with E-state index in [-0.39, 0.29) is 4.87 Å². The summed E-state index contributed by atoms with van der Waals surface area (Å²) in [5, 5.41) is 5.07. The number of aromatic nitrogens is 2. The van der Waals surface area contributed by atoms with Crippen LogP contribution in [0.15, 0.2) is 22.3 Å². The van der Waals surface area contributed by atoms with Crippen LogP contribution in [0.2, 0.25) is 0 Å². The fourth-order valence-corrected chi connectivity index (χ4v) is 2.69. The quantitative estimate of drug-likeness (QED) is 0.871. The number of anilines is 1. The van der Waals surface area contributed by atoms with Gasteiger partial charge in [0.2, 0.25) is 0 Å². The van der Waals surface area contributed by atoms with Crippen LogP contribution in [0.3, 0.4) is 0 Å². The Labute approximate surface area is 103 Å². The minimum Gasteiger partial charge on any atom is -0.364 e. The second-order valence-electron chi connectivity index (χ2n) is 4.18. The molecule has 0 spiro atoms. The van der Waals surface area contributed by atoms with Gasteiger partial charge < -0.3 is 10.3 Å². The van der Waals surface area contributed by atoms with E-state index in [0.29, 0.717) is 6.54 Å². The van der Waals surface area contributed by atoms with Gasteiger partial charge in [-0.15, -0.1) is 0 Å². The van der Waals surface area contributed by atoms with Gasteiger partial charge in [-0.3, -0.25) is 4.79 Å². The molecule has 2 heterocycles. The Morgan fingerprint density at radius 3 is 3.18 bits per heavy atom. The molecule has 0 unspecified atom stereocenters. The van der Waals surface area contributed by atoms with Crippen LogP contribution >= 0.6 is 11.3 Å². The molecule has 0 saturated heterocycles. The summed E-state index contributed by atoms with van der Waals surface area (Å²) >= 11 is 1.19. The Balaban J connectivity index is 1.71. The molecule has 4 nitrogen and oxygen atoms in total. The molecule has 0 radical (unpaired) electrons. The number of fused-ring (bicyclic) bond motifs is 1. The predicted octanol–water partition coefficient (Wildman–Crippen LogP) is 1.93. The molecule has 3 rings (SSSR count). The fourth-order valence-electron chi connectivity index (χ4n) is 2.11. The topological polar surface area (TPSA) is 57.8 Å². The van der Waals surface area contributed by atoms with Crippen LogP contribution < -0.4 is 10.2 Å². The summed E-state index contributed by atoms with van der Waals surface area (Å²) in [6.45, 7) is 0.616. The van der Waals surface area contributed by atoms with Crippen LogP contribution in [0.5, 0.6) is 0 Å². The minimum absolute atomic E-state index is 0.0105. The molecule has 0 bridgehead atoms. The third-order valence-corrected chi connectivity index (χ3v) is 3.68. The van der Waals surface area contributed by atoms with E-state index in [0.717, 1.165) is 24.4 Å². The lowest BCUT2D eigenvalue weighted by Gasteiger charge is -2.06. The number of thiazole rings is 1. The van der Waals surface area contributed by atoms with Crippen molar-refractivity contribution in [2.75, 3.05) is 5.32 Å². The van der Waals surface area contributed by atoms with E-state index in [1.807, 2.05) is 11.4 Å². The van der Waals surface area contributed by atoms with Crippen molar-refractivity contribution in [1.82, 2.24) is 9.97 Å². The summed E-state index contributed by atoms with van der Waals surface area (Å²) in [5.41, 5.74) is 3.50. The van der Waals surface area contributed by atoms with Crippen LogP contribution in [-0.4, -0.2) is 9.97 Å². The Kier molecular flexibility index (Phi) is 2.68. The first-order valence-electron chi connectivity index (χ1n) is 5.70. The number of rotatable bonds is 3. The molecule has 5 heteroatoms. The lowest BCUT2D eigenvalue weighted by atomic mass is 10.2. The highest BCUT2D eigenvalue weighted by atomic mass is 32.1. The van der Waals surface area contributed by atoms with E-state index < -0.39 is 0 Å². The van der Waals surface area contributed by atoms with Crippen LogP contribution in [-0.2, 0) is 19.4 Å². The monoisotopic (exact) mass is 247 g/mol. The smallest absolute Gasteiger partial charge is 0.304 e. The first-order valence-corrected chi connectivity index (χ1v) is 6.58. The van der Waals surface area contributed by atoms with Gasteiger partial charge in [-0.05, 0) is 30.9 Å². The van der Waals surface area contributed by atoms with Gasteiger partial charge in [0.05, 0.1) is 6.54 Å². The van der Waals surface area contributed by atoms with E-state index in [1.165, 1.54) is 29.0 Å². The standard InChI is InChI=1S/C12H13N3OS/c16-12-14-9(7-17-12)6-13-11-5-4-8-2-1-3-10(8)15-11/h4-5,7H,1-3,6H2,(H,13,15)(H,14,16). The van der Waals surface area contributed by atoms with Crippen LogP contribution in [0.1, 0.15) is 23.4 Å². The Hall–Kier alpha value is -1.62. The number of nitrogens with one attached hydrogen (secondary N) is 2. The number of aromatic amines is 1. The molecule has 0 fully saturated rings. The lowest BCUT2D eigenvalue weighted by Crippen LogP contribution is -2.05. The zero-order valence-electron chi connectivity index (χ0n) is 9.32. The maximum absolute atomic E-state index is 11.0. The van der Waals surface area contributed by atoms with Gasteiger partial charge in [0.15, 0.2) is 0 Å². The minimum atomic E-state index is -0.0105. The fraction of sp³-hybridized carbons (Fsp3) is 0.333. The van der Waals surface area contributed by atoms with Gasteiger partial charge in [-0.2, -0.15) is 0 Å². The summed E-state index contributed by atoms with van der Waals surface area (Å²) in [6, 6.07) is 4.16. The van der Waals surface area contributed by atoms with Crippen molar-refractivity contribution in [3.63, 3.8) is 0 Å². The van der Waals surface area contributed by atoms with Gasteiger partial charge in [-0.1, -0.05) is 17.4 Å². The molecule has 88 valence electrons. The largest absolute Gasteiger partial charge is 0.364 e. The van der Waals surface area contributed by atoms with Crippen molar-refractivity contribution in [3.05, 3.63) is 44.1 Å². The number of hydrogen-bond donors (Lipinski definition) is 2.